The zero-order valence-electron chi connectivity index (χ0n) is 5.30. The Hall–Kier alpha value is -1.14. The van der Waals surface area contributed by atoms with Gasteiger partial charge in [0.05, 0.1) is 6.26 Å². The van der Waals surface area contributed by atoms with E-state index in [0.717, 1.165) is 0 Å². The van der Waals surface area contributed by atoms with Gasteiger partial charge in [0, 0.05) is 0 Å². The second-order valence-electron chi connectivity index (χ2n) is 1.23. The van der Waals surface area contributed by atoms with Gasteiger partial charge in [-0.3, -0.25) is 0 Å². The second-order valence-corrected chi connectivity index (χ2v) is 1.23. The molecule has 0 amide bonds. The van der Waals surface area contributed by atoms with Crippen LogP contribution in [-0.2, 0) is 9.47 Å². The van der Waals surface area contributed by atoms with E-state index in [1.807, 2.05) is 0 Å². The van der Waals surface area contributed by atoms with Crippen molar-refractivity contribution in [2.75, 3.05) is 13.2 Å². The maximum absolute atomic E-state index is 4.81. The summed E-state index contributed by atoms with van der Waals surface area (Å²) in [6, 6.07) is 0. The first-order chi connectivity index (χ1) is 4.41. The molecule has 0 heterocycles. The van der Waals surface area contributed by atoms with Crippen molar-refractivity contribution in [3.8, 4) is 0 Å². The van der Waals surface area contributed by atoms with Crippen LogP contribution in [0.3, 0.4) is 0 Å². The Balaban J connectivity index is 2.90. The second kappa shape index (κ2) is 6.86. The van der Waals surface area contributed by atoms with Crippen LogP contribution in [0.4, 0.5) is 0 Å². The largest absolute Gasteiger partial charge is 0.498 e. The lowest BCUT2D eigenvalue weighted by Crippen LogP contribution is -1.95. The lowest BCUT2D eigenvalue weighted by molar-refractivity contribution is 0.150. The van der Waals surface area contributed by atoms with Crippen LogP contribution in [0.1, 0.15) is 0 Å². The van der Waals surface area contributed by atoms with Gasteiger partial charge in [0.2, 0.25) is 0 Å². The third-order valence-corrected chi connectivity index (χ3v) is 0.604. The van der Waals surface area contributed by atoms with Crippen molar-refractivity contribution in [2.24, 2.45) is 0 Å². The normalized spacial score (nSPS) is 7.11. The molecule has 0 saturated heterocycles. The quantitative estimate of drug-likeness (QED) is 0.315. The number of rotatable bonds is 5. The van der Waals surface area contributed by atoms with Crippen LogP contribution in [-0.4, -0.2) is 13.2 Å². The minimum Gasteiger partial charge on any atom is -0.498 e. The van der Waals surface area contributed by atoms with Gasteiger partial charge >= 0.3 is 0 Å². The molecule has 0 aliphatic rings. The summed E-state index contributed by atoms with van der Waals surface area (Å²) in [7, 11) is 0. The van der Waals surface area contributed by atoms with Gasteiger partial charge in [-0.15, -0.1) is 0 Å². The third-order valence-electron chi connectivity index (χ3n) is 0.604. The standard InChI is InChI=1S/C7H10O2/c1-3-5-9-7-6-8-4-2/h4-5H,1-2,6-7H2. The predicted octanol–water partition coefficient (Wildman–Crippen LogP) is 1.46. The molecule has 9 heavy (non-hydrogen) atoms. The summed E-state index contributed by atoms with van der Waals surface area (Å²) in [4.78, 5) is 0. The molecule has 0 aromatic heterocycles. The Morgan fingerprint density at radius 1 is 1.33 bits per heavy atom. The Kier molecular flexibility index (Phi) is 5.99. The van der Waals surface area contributed by atoms with Crippen LogP contribution < -0.4 is 0 Å². The average Bonchev–Trinajstić information content (AvgIpc) is 1.89. The highest BCUT2D eigenvalue weighted by Gasteiger charge is 1.78. The highest BCUT2D eigenvalue weighted by Crippen LogP contribution is 1.77. The summed E-state index contributed by atoms with van der Waals surface area (Å²) in [5.41, 5.74) is 2.47. The molecule has 0 N–H and O–H groups in total. The van der Waals surface area contributed by atoms with E-state index in [9.17, 15) is 0 Å². The first-order valence-electron chi connectivity index (χ1n) is 2.60. The fraction of sp³-hybridized carbons (Fsp3) is 0.286. The Morgan fingerprint density at radius 2 is 2.00 bits per heavy atom. The Morgan fingerprint density at radius 3 is 2.56 bits per heavy atom. The maximum atomic E-state index is 4.81. The fourth-order valence-electron chi connectivity index (χ4n) is 0.297. The SMILES string of the molecule is C=C=COCCOC=C. The first kappa shape index (κ1) is 7.86. The maximum Gasteiger partial charge on any atom is 0.125 e. The molecule has 0 saturated carbocycles. The van der Waals surface area contributed by atoms with E-state index in [1.54, 1.807) is 0 Å². The van der Waals surface area contributed by atoms with Crippen molar-refractivity contribution in [1.82, 2.24) is 0 Å². The van der Waals surface area contributed by atoms with E-state index < -0.39 is 0 Å². The van der Waals surface area contributed by atoms with Crippen LogP contribution in [0.25, 0.3) is 0 Å². The zero-order valence-corrected chi connectivity index (χ0v) is 5.30. The lowest BCUT2D eigenvalue weighted by atomic mass is 10.8. The van der Waals surface area contributed by atoms with E-state index in [1.165, 1.54) is 12.5 Å². The third kappa shape index (κ3) is 6.86. The zero-order chi connectivity index (χ0) is 6.95. The summed E-state index contributed by atoms with van der Waals surface area (Å²) < 4.78 is 9.56. The molecule has 0 aliphatic heterocycles. The van der Waals surface area contributed by atoms with Crippen LogP contribution in [0.15, 0.2) is 31.4 Å². The van der Waals surface area contributed by atoms with Gasteiger partial charge in [-0.2, -0.15) is 0 Å². The van der Waals surface area contributed by atoms with Crippen LogP contribution in [0, 0.1) is 0 Å². The summed E-state index contributed by atoms with van der Waals surface area (Å²) >= 11 is 0. The average molecular weight is 126 g/mol. The van der Waals surface area contributed by atoms with Gasteiger partial charge < -0.3 is 9.47 Å². The lowest BCUT2D eigenvalue weighted by Gasteiger charge is -1.97. The number of hydrogen-bond acceptors (Lipinski definition) is 2. The van der Waals surface area contributed by atoms with Crippen LogP contribution in [0.2, 0.25) is 0 Å². The molecule has 0 rings (SSSR count). The minimum atomic E-state index is 0.508. The van der Waals surface area contributed by atoms with Crippen LogP contribution >= 0.6 is 0 Å². The molecule has 2 heteroatoms. The van der Waals surface area contributed by atoms with Crippen LogP contribution in [0.5, 0.6) is 0 Å². The summed E-state index contributed by atoms with van der Waals surface area (Å²) in [5, 5.41) is 0. The molecular weight excluding hydrogens is 116 g/mol. The van der Waals surface area contributed by atoms with E-state index in [0.29, 0.717) is 13.2 Å². The molecule has 0 radical (unpaired) electrons. The molecule has 0 fully saturated rings. The topological polar surface area (TPSA) is 18.5 Å². The van der Waals surface area contributed by atoms with E-state index in [4.69, 9.17) is 9.47 Å². The van der Waals surface area contributed by atoms with Gasteiger partial charge in [-0.25, -0.2) is 0 Å². The summed E-state index contributed by atoms with van der Waals surface area (Å²) in [6.07, 6.45) is 2.77. The van der Waals surface area contributed by atoms with Gasteiger partial charge in [0.1, 0.15) is 19.5 Å². The van der Waals surface area contributed by atoms with E-state index in [2.05, 4.69) is 18.9 Å². The van der Waals surface area contributed by atoms with E-state index >= 15 is 0 Å². The van der Waals surface area contributed by atoms with Gasteiger partial charge in [-0.1, -0.05) is 18.9 Å². The monoisotopic (exact) mass is 126 g/mol. The highest BCUT2D eigenvalue weighted by molar-refractivity contribution is 4.63. The molecule has 0 bridgehead atoms. The molecule has 0 aromatic carbocycles. The predicted molar refractivity (Wildman–Crippen MR) is 35.8 cm³/mol. The van der Waals surface area contributed by atoms with Crippen molar-refractivity contribution in [3.05, 3.63) is 31.4 Å². The van der Waals surface area contributed by atoms with Crippen molar-refractivity contribution >= 4 is 0 Å². The smallest absolute Gasteiger partial charge is 0.125 e. The molecule has 0 atom stereocenters. The van der Waals surface area contributed by atoms with Gasteiger partial charge in [0.15, 0.2) is 0 Å². The highest BCUT2D eigenvalue weighted by atomic mass is 16.5. The molecular formula is C7H10O2. The van der Waals surface area contributed by atoms with E-state index in [-0.39, 0.29) is 0 Å². The van der Waals surface area contributed by atoms with Crippen molar-refractivity contribution in [2.45, 2.75) is 0 Å². The number of ether oxygens (including phenoxy) is 2. The summed E-state index contributed by atoms with van der Waals surface area (Å²) in [5.74, 6) is 0. The Labute approximate surface area is 55.1 Å². The van der Waals surface area contributed by atoms with Crippen molar-refractivity contribution in [3.63, 3.8) is 0 Å². The molecule has 50 valence electrons. The van der Waals surface area contributed by atoms with Gasteiger partial charge in [0.25, 0.3) is 0 Å². The van der Waals surface area contributed by atoms with Crippen molar-refractivity contribution in [1.29, 1.82) is 0 Å². The Bertz CT molecular complexity index is 112. The summed E-state index contributed by atoms with van der Waals surface area (Å²) in [6.45, 7) is 7.70. The molecule has 0 aromatic rings. The molecule has 2 nitrogen and oxygen atoms in total. The molecule has 0 spiro atoms. The number of hydrogen-bond donors (Lipinski definition) is 0. The minimum absolute atomic E-state index is 0.508. The molecule has 0 unspecified atom stereocenters. The van der Waals surface area contributed by atoms with Crippen molar-refractivity contribution < 1.29 is 9.47 Å². The first-order valence-corrected chi connectivity index (χ1v) is 2.60. The van der Waals surface area contributed by atoms with Gasteiger partial charge in [-0.05, 0) is 0 Å². The fourth-order valence-corrected chi connectivity index (χ4v) is 0.297. The molecule has 0 aliphatic carbocycles.